The van der Waals surface area contributed by atoms with E-state index in [0.29, 0.717) is 11.4 Å². The molecule has 1 heterocycles. The van der Waals surface area contributed by atoms with Gasteiger partial charge in [-0.3, -0.25) is 15.1 Å². The van der Waals surface area contributed by atoms with Crippen molar-refractivity contribution in [2.45, 2.75) is 0 Å². The van der Waals surface area contributed by atoms with Crippen LogP contribution in [0.25, 0.3) is 5.43 Å². The molecule has 115 valence electrons. The first kappa shape index (κ1) is 17.7. The zero-order valence-corrected chi connectivity index (χ0v) is 12.9. The van der Waals surface area contributed by atoms with E-state index in [0.717, 1.165) is 0 Å². The molecule has 2 aromatic rings. The van der Waals surface area contributed by atoms with Gasteiger partial charge in [0.15, 0.2) is 12.2 Å². The Bertz CT molecular complexity index is 664. The van der Waals surface area contributed by atoms with Crippen LogP contribution in [0.3, 0.4) is 0 Å². The molecule has 7 nitrogen and oxygen atoms in total. The fourth-order valence-electron chi connectivity index (χ4n) is 1.42. The number of rotatable bonds is 4. The SMILES string of the molecule is O=[N+]([O-])c1ccc(NC(=[SH+])[N-]N=Cc2ccccn2)cc1.[Cu+2]. The topological polar surface area (TPSA) is 94.5 Å². The minimum Gasteiger partial charge on any atom is -0.510 e. The standard InChI is InChI=1S/C13H11N5O2S.Cu/c19-18(20)12-6-4-10(5-7-12)16-13(21)17-15-9-11-3-1-2-8-14-11;/h1-9H,(H2,14,16,17,21);/q;+2. The van der Waals surface area contributed by atoms with Crippen LogP contribution in [-0.4, -0.2) is 21.2 Å². The molecule has 0 spiro atoms. The Hall–Kier alpha value is -2.35. The van der Waals surface area contributed by atoms with Crippen molar-refractivity contribution in [3.05, 3.63) is 69.9 Å². The quantitative estimate of drug-likeness (QED) is 0.171. The first-order valence-electron chi connectivity index (χ1n) is 5.87. The Kier molecular flexibility index (Phi) is 7.10. The van der Waals surface area contributed by atoms with Gasteiger partial charge in [-0.15, -0.1) is 0 Å². The third-order valence-electron chi connectivity index (χ3n) is 2.36. The molecule has 0 aliphatic carbocycles. The number of benzene rings is 1. The van der Waals surface area contributed by atoms with E-state index in [4.69, 9.17) is 0 Å². The fourth-order valence-corrected chi connectivity index (χ4v) is 1.60. The number of thiol groups is 1. The molecule has 1 radical (unpaired) electrons. The number of nitrogens with zero attached hydrogens (tertiary/aromatic N) is 4. The van der Waals surface area contributed by atoms with Gasteiger partial charge in [0, 0.05) is 30.2 Å². The summed E-state index contributed by atoms with van der Waals surface area (Å²) in [6.07, 6.45) is 3.15. The summed E-state index contributed by atoms with van der Waals surface area (Å²) in [4.78, 5) is 14.1. The molecule has 0 unspecified atom stereocenters. The van der Waals surface area contributed by atoms with Crippen molar-refractivity contribution in [2.24, 2.45) is 5.10 Å². The Morgan fingerprint density at radius 2 is 2.05 bits per heavy atom. The molecular weight excluding hydrogens is 354 g/mol. The van der Waals surface area contributed by atoms with E-state index in [9.17, 15) is 10.1 Å². The Morgan fingerprint density at radius 1 is 1.32 bits per heavy atom. The van der Waals surface area contributed by atoms with Gasteiger partial charge in [-0.2, -0.15) is 0 Å². The van der Waals surface area contributed by atoms with Crippen LogP contribution >= 0.6 is 0 Å². The van der Waals surface area contributed by atoms with Gasteiger partial charge in [0.05, 0.1) is 10.6 Å². The molecule has 0 saturated carbocycles. The number of anilines is 1. The van der Waals surface area contributed by atoms with Crippen molar-refractivity contribution < 1.29 is 22.0 Å². The maximum absolute atomic E-state index is 10.5. The van der Waals surface area contributed by atoms with Crippen LogP contribution < -0.4 is 5.32 Å². The molecule has 2 rings (SSSR count). The van der Waals surface area contributed by atoms with Crippen LogP contribution in [0.15, 0.2) is 53.8 Å². The second-order valence-corrected chi connectivity index (χ2v) is 4.28. The van der Waals surface area contributed by atoms with E-state index in [2.05, 4.69) is 33.0 Å². The van der Waals surface area contributed by atoms with Crippen molar-refractivity contribution in [1.82, 2.24) is 4.98 Å². The zero-order valence-electron chi connectivity index (χ0n) is 11.1. The fraction of sp³-hybridized carbons (Fsp3) is 0. The van der Waals surface area contributed by atoms with Crippen LogP contribution in [0.1, 0.15) is 5.69 Å². The molecule has 0 fully saturated rings. The molecule has 1 aromatic carbocycles. The van der Waals surface area contributed by atoms with Gasteiger partial charge < -0.3 is 15.8 Å². The molecular formula is C13H11CuN5O2S+2. The van der Waals surface area contributed by atoms with E-state index in [1.165, 1.54) is 18.3 Å². The second kappa shape index (κ2) is 8.83. The summed E-state index contributed by atoms with van der Waals surface area (Å²) in [6, 6.07) is 11.3. The normalized spacial score (nSPS) is 9.82. The molecule has 0 atom stereocenters. The van der Waals surface area contributed by atoms with Crippen LogP contribution in [0, 0.1) is 10.1 Å². The van der Waals surface area contributed by atoms with Crippen molar-refractivity contribution in [2.75, 3.05) is 5.32 Å². The number of pyridine rings is 1. The summed E-state index contributed by atoms with van der Waals surface area (Å²) in [5, 5.41) is 17.5. The molecule has 0 aliphatic rings. The Labute approximate surface area is 142 Å². The maximum Gasteiger partial charge on any atom is 2.00 e. The third-order valence-corrected chi connectivity index (χ3v) is 2.57. The summed E-state index contributed by atoms with van der Waals surface area (Å²) in [7, 11) is 0. The Balaban J connectivity index is 0.00000242. The average molecular weight is 365 g/mol. The first-order valence-corrected chi connectivity index (χ1v) is 6.32. The summed E-state index contributed by atoms with van der Waals surface area (Å²) in [6.45, 7) is 0. The summed E-state index contributed by atoms with van der Waals surface area (Å²) < 4.78 is 0. The largest absolute Gasteiger partial charge is 2.00 e. The molecule has 0 amide bonds. The number of aromatic nitrogens is 1. The van der Waals surface area contributed by atoms with E-state index < -0.39 is 4.92 Å². The number of non-ortho nitro benzene ring substituents is 1. The smallest absolute Gasteiger partial charge is 0.510 e. The monoisotopic (exact) mass is 364 g/mol. The molecule has 1 N–H and O–H groups in total. The first-order chi connectivity index (χ1) is 10.1. The molecule has 0 aliphatic heterocycles. The van der Waals surface area contributed by atoms with E-state index >= 15 is 0 Å². The second-order valence-electron chi connectivity index (χ2n) is 3.85. The van der Waals surface area contributed by atoms with Crippen molar-refractivity contribution in [3.8, 4) is 0 Å². The van der Waals surface area contributed by atoms with Gasteiger partial charge >= 0.3 is 17.1 Å². The van der Waals surface area contributed by atoms with Crippen LogP contribution in [0.4, 0.5) is 11.4 Å². The van der Waals surface area contributed by atoms with Crippen LogP contribution in [0.2, 0.25) is 0 Å². The molecule has 1 aromatic heterocycles. The summed E-state index contributed by atoms with van der Waals surface area (Å²) in [5.74, 6) is 0. The number of nitro benzene ring substituents is 1. The van der Waals surface area contributed by atoms with Crippen molar-refractivity contribution in [3.63, 3.8) is 0 Å². The van der Waals surface area contributed by atoms with E-state index in [-0.39, 0.29) is 27.9 Å². The minimum atomic E-state index is -0.462. The van der Waals surface area contributed by atoms with Crippen molar-refractivity contribution in [1.29, 1.82) is 0 Å². The third kappa shape index (κ3) is 5.57. The average Bonchev–Trinajstić information content (AvgIpc) is 2.49. The molecule has 0 bridgehead atoms. The number of hydrogen-bond acceptors (Lipinski definition) is 4. The van der Waals surface area contributed by atoms with Gasteiger partial charge in [0.2, 0.25) is 5.11 Å². The molecule has 22 heavy (non-hydrogen) atoms. The van der Waals surface area contributed by atoms with Gasteiger partial charge in [0.1, 0.15) is 0 Å². The number of nitro groups is 1. The predicted molar refractivity (Wildman–Crippen MR) is 85.7 cm³/mol. The van der Waals surface area contributed by atoms with Crippen LogP contribution in [0.5, 0.6) is 0 Å². The zero-order chi connectivity index (χ0) is 15.1. The van der Waals surface area contributed by atoms with Gasteiger partial charge in [-0.1, -0.05) is 6.07 Å². The number of nitrogens with one attached hydrogen (secondary N) is 1. The Morgan fingerprint density at radius 3 is 2.64 bits per heavy atom. The maximum atomic E-state index is 10.5. The summed E-state index contributed by atoms with van der Waals surface area (Å²) >= 11 is 4.13. The summed E-state index contributed by atoms with van der Waals surface area (Å²) in [5.41, 5.74) is 5.16. The number of hydrogen-bond donors (Lipinski definition) is 1. The van der Waals surface area contributed by atoms with E-state index in [1.807, 2.05) is 6.07 Å². The predicted octanol–water partition coefficient (Wildman–Crippen LogP) is 2.17. The van der Waals surface area contributed by atoms with Crippen LogP contribution in [-0.2, 0) is 29.3 Å². The van der Waals surface area contributed by atoms with E-state index in [1.54, 1.807) is 30.5 Å². The van der Waals surface area contributed by atoms with Gasteiger partial charge in [0.25, 0.3) is 5.69 Å². The van der Waals surface area contributed by atoms with Gasteiger partial charge in [-0.25, -0.2) is 0 Å². The molecule has 0 saturated heterocycles. The molecule has 9 heteroatoms. The van der Waals surface area contributed by atoms with Crippen molar-refractivity contribution >= 4 is 34.9 Å². The minimum absolute atomic E-state index is 0. The van der Waals surface area contributed by atoms with Gasteiger partial charge in [-0.05, 0) is 24.3 Å².